The van der Waals surface area contributed by atoms with Gasteiger partial charge in [-0.2, -0.15) is 0 Å². The van der Waals surface area contributed by atoms with Crippen LogP contribution < -0.4 is 0 Å². The van der Waals surface area contributed by atoms with Gasteiger partial charge in [-0.25, -0.2) is 0 Å². The van der Waals surface area contributed by atoms with E-state index in [0.29, 0.717) is 0 Å². The van der Waals surface area contributed by atoms with Gasteiger partial charge < -0.3 is 14.4 Å². The molecule has 0 aliphatic heterocycles. The van der Waals surface area contributed by atoms with E-state index < -0.39 is 15.2 Å². The molecule has 0 amide bonds. The van der Waals surface area contributed by atoms with Crippen LogP contribution in [0, 0.1) is 0 Å². The van der Waals surface area contributed by atoms with Crippen molar-refractivity contribution in [1.82, 2.24) is 0 Å². The largest absolute Gasteiger partial charge is 0.394 e. The lowest BCUT2D eigenvalue weighted by Gasteiger charge is -2.11. The van der Waals surface area contributed by atoms with E-state index in [-0.39, 0.29) is 25.9 Å². The van der Waals surface area contributed by atoms with Gasteiger partial charge in [-0.1, -0.05) is 4.57 Å². The lowest BCUT2D eigenvalue weighted by molar-refractivity contribution is 0.177. The summed E-state index contributed by atoms with van der Waals surface area (Å²) in [5, 5.41) is 8.41. The van der Waals surface area contributed by atoms with E-state index in [2.05, 4.69) is 0 Å². The Bertz CT molecular complexity index is 205. The SMILES string of the molecule is C[P+](=O)COCP(C)(=O)OCCO. The number of hydrogen-bond acceptors (Lipinski definition) is 5. The zero-order chi connectivity index (χ0) is 10.3. The topological polar surface area (TPSA) is 72.8 Å². The van der Waals surface area contributed by atoms with Crippen molar-refractivity contribution in [2.24, 2.45) is 0 Å². The molecule has 0 fully saturated rings. The van der Waals surface area contributed by atoms with E-state index in [1.165, 1.54) is 13.3 Å². The number of aliphatic hydroxyl groups is 1. The fraction of sp³-hybridized carbons (Fsp3) is 1.00. The van der Waals surface area contributed by atoms with Crippen LogP contribution in [0.5, 0.6) is 0 Å². The summed E-state index contributed by atoms with van der Waals surface area (Å²) in [4.78, 5) is 0. The molecule has 0 aromatic carbocycles. The van der Waals surface area contributed by atoms with Crippen LogP contribution in [-0.4, -0.2) is 44.3 Å². The van der Waals surface area contributed by atoms with Crippen molar-refractivity contribution >= 4 is 15.2 Å². The Morgan fingerprint density at radius 2 is 2.15 bits per heavy atom. The van der Waals surface area contributed by atoms with Gasteiger partial charge in [-0.05, 0) is 0 Å². The summed E-state index contributed by atoms with van der Waals surface area (Å²) in [6.45, 7) is 2.82. The highest BCUT2D eigenvalue weighted by Crippen LogP contribution is 2.42. The molecule has 0 rings (SSSR count). The predicted molar refractivity (Wildman–Crippen MR) is 50.9 cm³/mol. The molecule has 0 bridgehead atoms. The van der Waals surface area contributed by atoms with Crippen molar-refractivity contribution in [3.8, 4) is 0 Å². The molecule has 0 heterocycles. The summed E-state index contributed by atoms with van der Waals surface area (Å²) in [6.07, 6.45) is 0.0392. The fourth-order valence-electron chi connectivity index (χ4n) is 0.606. The minimum absolute atomic E-state index is 0.0371. The maximum absolute atomic E-state index is 11.4. The first kappa shape index (κ1) is 13.2. The predicted octanol–water partition coefficient (Wildman–Crippen LogP) is 1.29. The maximum Gasteiger partial charge on any atom is 0.363 e. The zero-order valence-electron chi connectivity index (χ0n) is 7.80. The zero-order valence-corrected chi connectivity index (χ0v) is 9.59. The highest BCUT2D eigenvalue weighted by atomic mass is 31.2. The normalized spacial score (nSPS) is 16.7. The molecule has 0 aromatic rings. The van der Waals surface area contributed by atoms with Gasteiger partial charge in [0.05, 0.1) is 13.2 Å². The molecule has 0 aliphatic carbocycles. The molecule has 7 heteroatoms. The van der Waals surface area contributed by atoms with Crippen LogP contribution in [0.4, 0.5) is 0 Å². The molecule has 0 saturated carbocycles. The van der Waals surface area contributed by atoms with E-state index in [4.69, 9.17) is 14.4 Å². The van der Waals surface area contributed by atoms with Gasteiger partial charge in [0.25, 0.3) is 0 Å². The molecular formula is C6H15O5P2+. The second-order valence-corrected chi connectivity index (χ2v) is 6.72. The van der Waals surface area contributed by atoms with Crippen molar-refractivity contribution in [2.75, 3.05) is 39.2 Å². The van der Waals surface area contributed by atoms with Crippen LogP contribution in [0.15, 0.2) is 0 Å². The van der Waals surface area contributed by atoms with E-state index in [9.17, 15) is 9.13 Å². The third-order valence-corrected chi connectivity index (χ3v) is 2.98. The van der Waals surface area contributed by atoms with Crippen LogP contribution in [0.25, 0.3) is 0 Å². The van der Waals surface area contributed by atoms with E-state index in [1.54, 1.807) is 0 Å². The molecule has 0 spiro atoms. The minimum Gasteiger partial charge on any atom is -0.394 e. The van der Waals surface area contributed by atoms with Gasteiger partial charge in [-0.15, -0.1) is 0 Å². The highest BCUT2D eigenvalue weighted by molar-refractivity contribution is 7.58. The first-order valence-corrected chi connectivity index (χ1v) is 7.91. The Morgan fingerprint density at radius 3 is 2.62 bits per heavy atom. The molecule has 1 N–H and O–H groups in total. The smallest absolute Gasteiger partial charge is 0.363 e. The van der Waals surface area contributed by atoms with Gasteiger partial charge in [0, 0.05) is 6.66 Å². The summed E-state index contributed by atoms with van der Waals surface area (Å²) >= 11 is 0. The van der Waals surface area contributed by atoms with E-state index in [1.807, 2.05) is 0 Å². The minimum atomic E-state index is -2.78. The van der Waals surface area contributed by atoms with Crippen molar-refractivity contribution in [2.45, 2.75) is 0 Å². The second-order valence-electron chi connectivity index (χ2n) is 2.66. The number of aliphatic hydroxyl groups excluding tert-OH is 1. The molecule has 2 unspecified atom stereocenters. The summed E-state index contributed by atoms with van der Waals surface area (Å²) in [5.74, 6) is 0. The summed E-state index contributed by atoms with van der Waals surface area (Å²) in [5.41, 5.74) is 0. The van der Waals surface area contributed by atoms with Gasteiger partial charge in [0.2, 0.25) is 13.7 Å². The molecule has 5 nitrogen and oxygen atoms in total. The first-order chi connectivity index (χ1) is 5.98. The van der Waals surface area contributed by atoms with Crippen LogP contribution in [0.3, 0.4) is 0 Å². The van der Waals surface area contributed by atoms with Crippen molar-refractivity contribution < 1.29 is 23.5 Å². The first-order valence-electron chi connectivity index (χ1n) is 3.76. The van der Waals surface area contributed by atoms with Gasteiger partial charge in [0.1, 0.15) is 13.0 Å². The highest BCUT2D eigenvalue weighted by Gasteiger charge is 2.17. The van der Waals surface area contributed by atoms with E-state index >= 15 is 0 Å². The van der Waals surface area contributed by atoms with Crippen LogP contribution in [0.2, 0.25) is 0 Å². The molecular weight excluding hydrogens is 214 g/mol. The van der Waals surface area contributed by atoms with Gasteiger partial charge in [0.15, 0.2) is 0 Å². The van der Waals surface area contributed by atoms with Crippen LogP contribution in [0.1, 0.15) is 0 Å². The lowest BCUT2D eigenvalue weighted by Crippen LogP contribution is -2.02. The number of rotatable bonds is 7. The quantitative estimate of drug-likeness (QED) is 0.666. The van der Waals surface area contributed by atoms with E-state index in [0.717, 1.165) is 0 Å². The fourth-order valence-corrected chi connectivity index (χ4v) is 2.06. The van der Waals surface area contributed by atoms with Crippen LogP contribution >= 0.6 is 15.2 Å². The monoisotopic (exact) mass is 229 g/mol. The number of hydrogen-bond donors (Lipinski definition) is 1. The second kappa shape index (κ2) is 6.63. The Kier molecular flexibility index (Phi) is 6.74. The molecule has 0 radical (unpaired) electrons. The molecule has 0 aliphatic rings. The summed E-state index contributed by atoms with van der Waals surface area (Å²) in [7, 11) is -4.14. The molecule has 78 valence electrons. The van der Waals surface area contributed by atoms with Crippen LogP contribution in [-0.2, 0) is 18.4 Å². The maximum atomic E-state index is 11.4. The van der Waals surface area contributed by atoms with Crippen molar-refractivity contribution in [3.05, 3.63) is 0 Å². The van der Waals surface area contributed by atoms with Gasteiger partial charge in [-0.3, -0.25) is 4.57 Å². The van der Waals surface area contributed by atoms with Gasteiger partial charge >= 0.3 is 7.80 Å². The van der Waals surface area contributed by atoms with Crippen molar-refractivity contribution in [1.29, 1.82) is 0 Å². The molecule has 0 aromatic heterocycles. The Labute approximate surface area is 78.7 Å². The lowest BCUT2D eigenvalue weighted by atomic mass is 10.8. The summed E-state index contributed by atoms with van der Waals surface area (Å²) < 4.78 is 31.7. The number of ether oxygens (including phenoxy) is 1. The Balaban J connectivity index is 3.63. The summed E-state index contributed by atoms with van der Waals surface area (Å²) in [6, 6.07) is 0. The molecule has 0 saturated heterocycles. The third kappa shape index (κ3) is 8.54. The standard InChI is InChI=1S/C6H15O5P2/c1-12(8)5-10-6-13(2,9)11-4-3-7/h7H,3-6H2,1-2H3/q+1. The Hall–Kier alpha value is 0.210. The molecule has 2 atom stereocenters. The molecule has 13 heavy (non-hydrogen) atoms. The third-order valence-electron chi connectivity index (χ3n) is 1.05. The Morgan fingerprint density at radius 1 is 1.54 bits per heavy atom. The average Bonchev–Trinajstić information content (AvgIpc) is 2.00. The van der Waals surface area contributed by atoms with Crippen molar-refractivity contribution in [3.63, 3.8) is 0 Å². The average molecular weight is 229 g/mol.